The maximum absolute atomic E-state index is 13.6. The Hall–Kier alpha value is -2.84. The van der Waals surface area contributed by atoms with Gasteiger partial charge in [-0.1, -0.05) is 19.3 Å². The molecule has 0 amide bonds. The highest BCUT2D eigenvalue weighted by molar-refractivity contribution is 5.79. The van der Waals surface area contributed by atoms with Gasteiger partial charge in [0.2, 0.25) is 5.82 Å². The van der Waals surface area contributed by atoms with Gasteiger partial charge in [0.25, 0.3) is 0 Å². The molecule has 0 N–H and O–H groups in total. The number of benzene rings is 1. The molecule has 0 bridgehead atoms. The van der Waals surface area contributed by atoms with Crippen molar-refractivity contribution in [2.24, 2.45) is 0 Å². The van der Waals surface area contributed by atoms with Crippen LogP contribution in [-0.2, 0) is 6.18 Å². The Morgan fingerprint density at radius 1 is 1.10 bits per heavy atom. The first-order valence-corrected chi connectivity index (χ1v) is 9.57. The second-order valence-corrected chi connectivity index (χ2v) is 7.26. The van der Waals surface area contributed by atoms with Crippen LogP contribution in [0.4, 0.5) is 19.0 Å². The molecule has 0 spiro atoms. The highest BCUT2D eigenvalue weighted by Crippen LogP contribution is 2.34. The minimum atomic E-state index is -4.63. The van der Waals surface area contributed by atoms with E-state index in [9.17, 15) is 13.2 Å². The topological polar surface area (TPSA) is 56.1 Å². The number of methoxy groups -OCH3 is 1. The van der Waals surface area contributed by atoms with E-state index in [1.807, 2.05) is 7.05 Å². The lowest BCUT2D eigenvalue weighted by Gasteiger charge is -2.31. The lowest BCUT2D eigenvalue weighted by atomic mass is 9.94. The minimum absolute atomic E-state index is 0.0748. The summed E-state index contributed by atoms with van der Waals surface area (Å²) < 4.78 is 47.0. The van der Waals surface area contributed by atoms with Crippen LogP contribution >= 0.6 is 0 Å². The Kier molecular flexibility index (Phi) is 5.06. The molecule has 0 radical (unpaired) electrons. The summed E-state index contributed by atoms with van der Waals surface area (Å²) in [6, 6.07) is 5.00. The Morgan fingerprint density at radius 2 is 1.86 bits per heavy atom. The molecular formula is C20H22F3N5O. The lowest BCUT2D eigenvalue weighted by Crippen LogP contribution is -2.34. The summed E-state index contributed by atoms with van der Waals surface area (Å²) >= 11 is 0. The maximum atomic E-state index is 13.6. The van der Waals surface area contributed by atoms with Crippen LogP contribution in [0.25, 0.3) is 16.9 Å². The Bertz CT molecular complexity index is 994. The van der Waals surface area contributed by atoms with E-state index in [0.717, 1.165) is 17.4 Å². The first-order valence-electron chi connectivity index (χ1n) is 9.57. The second-order valence-electron chi connectivity index (χ2n) is 7.26. The molecule has 4 rings (SSSR count). The van der Waals surface area contributed by atoms with E-state index in [0.29, 0.717) is 23.1 Å². The first kappa shape index (κ1) is 19.5. The largest absolute Gasteiger partial charge is 0.497 e. The van der Waals surface area contributed by atoms with Crippen LogP contribution in [0, 0.1) is 0 Å². The van der Waals surface area contributed by atoms with Gasteiger partial charge in [-0.25, -0.2) is 15.0 Å². The van der Waals surface area contributed by atoms with Crippen molar-refractivity contribution in [1.29, 1.82) is 0 Å². The molecule has 0 unspecified atom stereocenters. The Labute approximate surface area is 166 Å². The number of anilines is 1. The number of ether oxygens (including phenoxy) is 1. The molecule has 6 nitrogen and oxygen atoms in total. The highest BCUT2D eigenvalue weighted by atomic mass is 19.4. The molecule has 1 saturated carbocycles. The Balaban J connectivity index is 1.73. The number of hydrogen-bond donors (Lipinski definition) is 0. The number of rotatable bonds is 4. The monoisotopic (exact) mass is 405 g/mol. The van der Waals surface area contributed by atoms with Crippen LogP contribution < -0.4 is 9.64 Å². The number of alkyl halides is 3. The average Bonchev–Trinajstić information content (AvgIpc) is 3.13. The van der Waals surface area contributed by atoms with E-state index in [4.69, 9.17) is 4.74 Å². The van der Waals surface area contributed by atoms with Gasteiger partial charge in [-0.05, 0) is 25.0 Å². The van der Waals surface area contributed by atoms with Crippen molar-refractivity contribution < 1.29 is 17.9 Å². The van der Waals surface area contributed by atoms with Crippen LogP contribution in [0.3, 0.4) is 0 Å². The number of nitrogens with zero attached hydrogens (tertiary/aromatic N) is 5. The zero-order valence-corrected chi connectivity index (χ0v) is 16.3. The van der Waals surface area contributed by atoms with Crippen LogP contribution in [0.1, 0.15) is 37.9 Å². The smallest absolute Gasteiger partial charge is 0.450 e. The van der Waals surface area contributed by atoms with Crippen molar-refractivity contribution in [3.63, 3.8) is 0 Å². The number of halogens is 3. The zero-order valence-electron chi connectivity index (χ0n) is 16.3. The summed E-state index contributed by atoms with van der Waals surface area (Å²) in [5.41, 5.74) is 0.475. The van der Waals surface area contributed by atoms with Crippen LogP contribution in [0.15, 0.2) is 30.6 Å². The van der Waals surface area contributed by atoms with Crippen molar-refractivity contribution >= 4 is 16.9 Å². The number of imidazole rings is 1. The average molecular weight is 405 g/mol. The summed E-state index contributed by atoms with van der Waals surface area (Å²) in [5, 5.41) is 0. The quantitative estimate of drug-likeness (QED) is 0.634. The molecule has 2 aromatic heterocycles. The fraction of sp³-hybridized carbons (Fsp3) is 0.450. The summed E-state index contributed by atoms with van der Waals surface area (Å²) in [5.74, 6) is 0.126. The van der Waals surface area contributed by atoms with Crippen LogP contribution in [0.2, 0.25) is 0 Å². The maximum Gasteiger partial charge on any atom is 0.450 e. The van der Waals surface area contributed by atoms with E-state index < -0.39 is 12.0 Å². The van der Waals surface area contributed by atoms with Gasteiger partial charge in [-0.2, -0.15) is 13.2 Å². The van der Waals surface area contributed by atoms with E-state index >= 15 is 0 Å². The van der Waals surface area contributed by atoms with Gasteiger partial charge in [0.15, 0.2) is 5.82 Å². The SMILES string of the molecule is COc1ccc2c(c1)nc(C(F)(F)F)n2-c1cnc(N(C)C2CCCCC2)cn1. The fourth-order valence-electron chi connectivity index (χ4n) is 3.88. The molecule has 9 heteroatoms. The fourth-order valence-corrected chi connectivity index (χ4v) is 3.88. The van der Waals surface area contributed by atoms with Gasteiger partial charge in [-0.3, -0.25) is 4.57 Å². The predicted octanol–water partition coefficient (Wildman–Crippen LogP) is 4.61. The van der Waals surface area contributed by atoms with Crippen molar-refractivity contribution in [3.05, 3.63) is 36.4 Å². The van der Waals surface area contributed by atoms with E-state index in [1.54, 1.807) is 12.1 Å². The normalized spacial score (nSPS) is 15.6. The third-order valence-corrected chi connectivity index (χ3v) is 5.45. The Morgan fingerprint density at radius 3 is 2.48 bits per heavy atom. The lowest BCUT2D eigenvalue weighted by molar-refractivity contribution is -0.145. The van der Waals surface area contributed by atoms with Gasteiger partial charge in [0, 0.05) is 19.2 Å². The van der Waals surface area contributed by atoms with E-state index in [2.05, 4.69) is 19.9 Å². The number of aromatic nitrogens is 4. The van der Waals surface area contributed by atoms with Crippen molar-refractivity contribution in [3.8, 4) is 11.6 Å². The first-order chi connectivity index (χ1) is 13.9. The molecule has 0 atom stereocenters. The van der Waals surface area contributed by atoms with Gasteiger partial charge < -0.3 is 9.64 Å². The molecule has 2 heterocycles. The zero-order chi connectivity index (χ0) is 20.6. The standard InChI is InChI=1S/C20H22F3N5O/c1-27(13-6-4-3-5-7-13)17-11-25-18(12-24-17)28-16-9-8-14(29-2)10-15(16)26-19(28)20(21,22)23/h8-13H,3-7H2,1-2H3. The summed E-state index contributed by atoms with van der Waals surface area (Å²) in [6.07, 6.45) is 4.05. The van der Waals surface area contributed by atoms with Crippen LogP contribution in [-0.4, -0.2) is 39.7 Å². The molecule has 0 saturated heterocycles. The van der Waals surface area contributed by atoms with E-state index in [-0.39, 0.29) is 11.3 Å². The van der Waals surface area contributed by atoms with Gasteiger partial charge in [0.05, 0.1) is 30.5 Å². The number of hydrogen-bond acceptors (Lipinski definition) is 5. The number of fused-ring (bicyclic) bond motifs is 1. The molecule has 3 aromatic rings. The molecule has 1 aromatic carbocycles. The predicted molar refractivity (Wildman–Crippen MR) is 103 cm³/mol. The molecule has 0 aliphatic heterocycles. The van der Waals surface area contributed by atoms with Crippen molar-refractivity contribution in [1.82, 2.24) is 19.5 Å². The third kappa shape index (κ3) is 3.73. The second kappa shape index (κ2) is 7.53. The minimum Gasteiger partial charge on any atom is -0.497 e. The summed E-state index contributed by atoms with van der Waals surface area (Å²) in [6.45, 7) is 0. The van der Waals surface area contributed by atoms with Gasteiger partial charge >= 0.3 is 6.18 Å². The van der Waals surface area contributed by atoms with Crippen molar-refractivity contribution in [2.75, 3.05) is 19.1 Å². The highest BCUT2D eigenvalue weighted by Gasteiger charge is 2.38. The molecule has 29 heavy (non-hydrogen) atoms. The van der Waals surface area contributed by atoms with Crippen molar-refractivity contribution in [2.45, 2.75) is 44.3 Å². The molecule has 1 fully saturated rings. The molecule has 1 aliphatic rings. The molecule has 1 aliphatic carbocycles. The van der Waals surface area contributed by atoms with E-state index in [1.165, 1.54) is 44.8 Å². The third-order valence-electron chi connectivity index (χ3n) is 5.45. The molecule has 154 valence electrons. The van der Waals surface area contributed by atoms with Gasteiger partial charge in [-0.15, -0.1) is 0 Å². The summed E-state index contributed by atoms with van der Waals surface area (Å²) in [4.78, 5) is 14.5. The van der Waals surface area contributed by atoms with Crippen LogP contribution in [0.5, 0.6) is 5.75 Å². The van der Waals surface area contributed by atoms with Gasteiger partial charge in [0.1, 0.15) is 11.6 Å². The summed E-state index contributed by atoms with van der Waals surface area (Å²) in [7, 11) is 3.41. The molecular weight excluding hydrogens is 383 g/mol.